The molecule has 4 rings (SSSR count). The van der Waals surface area contributed by atoms with Crippen molar-refractivity contribution in [2.24, 2.45) is 17.3 Å². The molecule has 2 fully saturated rings. The van der Waals surface area contributed by atoms with E-state index in [2.05, 4.69) is 25.1 Å². The lowest BCUT2D eigenvalue weighted by Gasteiger charge is -2.48. The van der Waals surface area contributed by atoms with Crippen LogP contribution in [0, 0.1) is 17.3 Å². The summed E-state index contributed by atoms with van der Waals surface area (Å²) in [6.07, 6.45) is 6.61. The molecule has 0 radical (unpaired) electrons. The van der Waals surface area contributed by atoms with Crippen molar-refractivity contribution in [2.45, 2.75) is 51.4 Å². The van der Waals surface area contributed by atoms with Gasteiger partial charge in [-0.25, -0.2) is 0 Å². The highest BCUT2D eigenvalue weighted by Crippen LogP contribution is 2.59. The lowest BCUT2D eigenvalue weighted by molar-refractivity contribution is -0.129. The SMILES string of the molecule is COc1ccc2c(c1)CCC1C2CC[C@]2(C)C(=O)CC[C@@H]12. The molecular formula is C19H24O2. The molecule has 0 aliphatic heterocycles. The summed E-state index contributed by atoms with van der Waals surface area (Å²) in [5.41, 5.74) is 3.00. The monoisotopic (exact) mass is 284 g/mol. The molecule has 2 unspecified atom stereocenters. The van der Waals surface area contributed by atoms with E-state index < -0.39 is 0 Å². The first-order valence-electron chi connectivity index (χ1n) is 8.33. The lowest BCUT2D eigenvalue weighted by atomic mass is 9.55. The van der Waals surface area contributed by atoms with Crippen molar-refractivity contribution in [3.8, 4) is 5.75 Å². The molecule has 2 saturated carbocycles. The normalized spacial score (nSPS) is 37.6. The fourth-order valence-corrected chi connectivity index (χ4v) is 5.46. The highest BCUT2D eigenvalue weighted by atomic mass is 16.5. The number of benzene rings is 1. The van der Waals surface area contributed by atoms with Crippen LogP contribution in [0.25, 0.3) is 0 Å². The molecule has 0 spiro atoms. The Hall–Kier alpha value is -1.31. The number of carbonyl (C=O) groups excluding carboxylic acids is 1. The fraction of sp³-hybridized carbons (Fsp3) is 0.632. The van der Waals surface area contributed by atoms with Crippen molar-refractivity contribution in [3.05, 3.63) is 29.3 Å². The highest BCUT2D eigenvalue weighted by Gasteiger charge is 2.54. The molecule has 3 aliphatic rings. The second kappa shape index (κ2) is 4.59. The summed E-state index contributed by atoms with van der Waals surface area (Å²) in [5, 5.41) is 0. The number of hydrogen-bond donors (Lipinski definition) is 0. The average molecular weight is 284 g/mol. The predicted molar refractivity (Wildman–Crippen MR) is 82.6 cm³/mol. The first-order valence-corrected chi connectivity index (χ1v) is 8.33. The summed E-state index contributed by atoms with van der Waals surface area (Å²) >= 11 is 0. The van der Waals surface area contributed by atoms with Crippen molar-refractivity contribution >= 4 is 5.78 Å². The van der Waals surface area contributed by atoms with Crippen LogP contribution in [0.2, 0.25) is 0 Å². The molecule has 0 bridgehead atoms. The third-order valence-electron chi connectivity index (χ3n) is 6.64. The van der Waals surface area contributed by atoms with Gasteiger partial charge in [-0.2, -0.15) is 0 Å². The minimum absolute atomic E-state index is 0.00879. The van der Waals surface area contributed by atoms with Crippen molar-refractivity contribution in [1.82, 2.24) is 0 Å². The van der Waals surface area contributed by atoms with Crippen molar-refractivity contribution in [2.75, 3.05) is 7.11 Å². The van der Waals surface area contributed by atoms with E-state index in [4.69, 9.17) is 4.74 Å². The van der Waals surface area contributed by atoms with E-state index in [0.29, 0.717) is 17.6 Å². The zero-order valence-electron chi connectivity index (χ0n) is 13.0. The zero-order chi connectivity index (χ0) is 14.6. The second-order valence-corrected chi connectivity index (χ2v) is 7.40. The molecule has 0 aromatic heterocycles. The van der Waals surface area contributed by atoms with Crippen molar-refractivity contribution < 1.29 is 9.53 Å². The van der Waals surface area contributed by atoms with Crippen LogP contribution in [0.5, 0.6) is 5.75 Å². The van der Waals surface area contributed by atoms with E-state index in [-0.39, 0.29) is 5.41 Å². The number of rotatable bonds is 1. The molecule has 2 nitrogen and oxygen atoms in total. The third-order valence-corrected chi connectivity index (χ3v) is 6.64. The van der Waals surface area contributed by atoms with Gasteiger partial charge in [-0.05, 0) is 73.1 Å². The maximum Gasteiger partial charge on any atom is 0.139 e. The number of ketones is 1. The lowest BCUT2D eigenvalue weighted by Crippen LogP contribution is -2.42. The van der Waals surface area contributed by atoms with Gasteiger partial charge in [0.25, 0.3) is 0 Å². The molecule has 1 aromatic rings. The number of fused-ring (bicyclic) bond motifs is 5. The van der Waals surface area contributed by atoms with Gasteiger partial charge in [0.15, 0.2) is 0 Å². The first-order chi connectivity index (χ1) is 10.1. The molecule has 1 aromatic carbocycles. The highest BCUT2D eigenvalue weighted by molar-refractivity contribution is 5.87. The molecule has 0 saturated heterocycles. The van der Waals surface area contributed by atoms with Crippen LogP contribution in [0.1, 0.15) is 56.1 Å². The summed E-state index contributed by atoms with van der Waals surface area (Å²) in [4.78, 5) is 12.3. The Morgan fingerprint density at radius 1 is 1.19 bits per heavy atom. The van der Waals surface area contributed by atoms with E-state index in [1.165, 1.54) is 24.0 Å². The van der Waals surface area contributed by atoms with Gasteiger partial charge in [-0.15, -0.1) is 0 Å². The van der Waals surface area contributed by atoms with Gasteiger partial charge >= 0.3 is 0 Å². The van der Waals surface area contributed by atoms with Gasteiger partial charge in [-0.1, -0.05) is 13.0 Å². The fourth-order valence-electron chi connectivity index (χ4n) is 5.46. The maximum atomic E-state index is 12.3. The maximum absolute atomic E-state index is 12.3. The predicted octanol–water partition coefficient (Wildman–Crippen LogP) is 4.12. The molecule has 0 heterocycles. The molecule has 4 atom stereocenters. The van der Waals surface area contributed by atoms with Crippen LogP contribution in [0.4, 0.5) is 0 Å². The van der Waals surface area contributed by atoms with E-state index >= 15 is 0 Å². The second-order valence-electron chi connectivity index (χ2n) is 7.40. The van der Waals surface area contributed by atoms with Crippen LogP contribution >= 0.6 is 0 Å². The van der Waals surface area contributed by atoms with Gasteiger partial charge in [-0.3, -0.25) is 4.79 Å². The molecule has 0 amide bonds. The first kappa shape index (κ1) is 13.4. The van der Waals surface area contributed by atoms with Gasteiger partial charge in [0.05, 0.1) is 7.11 Å². The largest absolute Gasteiger partial charge is 0.497 e. The van der Waals surface area contributed by atoms with Crippen LogP contribution in [0.3, 0.4) is 0 Å². The zero-order valence-corrected chi connectivity index (χ0v) is 13.0. The Labute approximate surface area is 126 Å². The number of methoxy groups -OCH3 is 1. The molecule has 2 heteroatoms. The molecule has 112 valence electrons. The summed E-state index contributed by atoms with van der Waals surface area (Å²) in [6, 6.07) is 6.61. The number of aryl methyl sites for hydroxylation is 1. The quantitative estimate of drug-likeness (QED) is 0.775. The van der Waals surface area contributed by atoms with Crippen LogP contribution < -0.4 is 4.74 Å². The van der Waals surface area contributed by atoms with E-state index in [9.17, 15) is 4.79 Å². The molecular weight excluding hydrogens is 260 g/mol. The smallest absolute Gasteiger partial charge is 0.139 e. The van der Waals surface area contributed by atoms with Gasteiger partial charge < -0.3 is 4.74 Å². The van der Waals surface area contributed by atoms with Crippen molar-refractivity contribution in [1.29, 1.82) is 0 Å². The number of hydrogen-bond acceptors (Lipinski definition) is 2. The summed E-state index contributed by atoms with van der Waals surface area (Å²) in [6.45, 7) is 2.24. The van der Waals surface area contributed by atoms with Gasteiger partial charge in [0, 0.05) is 11.8 Å². The van der Waals surface area contributed by atoms with Crippen LogP contribution in [0.15, 0.2) is 18.2 Å². The Morgan fingerprint density at radius 3 is 2.86 bits per heavy atom. The number of ether oxygens (including phenoxy) is 1. The average Bonchev–Trinajstić information content (AvgIpc) is 2.82. The van der Waals surface area contributed by atoms with Gasteiger partial charge in [0.2, 0.25) is 0 Å². The van der Waals surface area contributed by atoms with Crippen LogP contribution in [-0.4, -0.2) is 12.9 Å². The minimum atomic E-state index is -0.00879. The van der Waals surface area contributed by atoms with Gasteiger partial charge in [0.1, 0.15) is 11.5 Å². The molecule has 21 heavy (non-hydrogen) atoms. The Bertz CT molecular complexity index is 591. The van der Waals surface area contributed by atoms with Crippen molar-refractivity contribution in [3.63, 3.8) is 0 Å². The Balaban J connectivity index is 1.70. The third kappa shape index (κ3) is 1.81. The Morgan fingerprint density at radius 2 is 2.05 bits per heavy atom. The number of Topliss-reactive ketones (excluding diaryl/α,β-unsaturated/α-hetero) is 1. The number of carbonyl (C=O) groups is 1. The summed E-state index contributed by atoms with van der Waals surface area (Å²) in [7, 11) is 1.74. The van der Waals surface area contributed by atoms with E-state index in [1.54, 1.807) is 7.11 Å². The van der Waals surface area contributed by atoms with Crippen LogP contribution in [-0.2, 0) is 11.2 Å². The van der Waals surface area contributed by atoms with E-state index in [1.807, 2.05) is 0 Å². The molecule has 0 N–H and O–H groups in total. The Kier molecular flexibility index (Phi) is 2.92. The summed E-state index contributed by atoms with van der Waals surface area (Å²) < 4.78 is 5.37. The summed E-state index contributed by atoms with van der Waals surface area (Å²) in [5.74, 6) is 3.52. The standard InChI is InChI=1S/C19H24O2/c1-19-10-9-15-14-6-4-13(21-2)11-12(14)3-5-16(15)17(19)7-8-18(19)20/h4,6,11,15-17H,3,5,7-10H2,1-2H3/t15?,16?,17-,19-/m0/s1. The minimum Gasteiger partial charge on any atom is -0.497 e. The topological polar surface area (TPSA) is 26.3 Å². The van der Waals surface area contributed by atoms with E-state index in [0.717, 1.165) is 37.4 Å². The molecule has 3 aliphatic carbocycles.